The van der Waals surface area contributed by atoms with Crippen molar-refractivity contribution in [1.82, 2.24) is 10.2 Å². The van der Waals surface area contributed by atoms with Crippen LogP contribution in [0, 0.1) is 0 Å². The fraction of sp³-hybridized carbons (Fsp3) is 0.357. The first-order chi connectivity index (χ1) is 9.82. The van der Waals surface area contributed by atoms with Crippen LogP contribution in [0.3, 0.4) is 0 Å². The molecule has 0 spiro atoms. The molecule has 0 radical (unpaired) electrons. The van der Waals surface area contributed by atoms with Crippen LogP contribution in [0.2, 0.25) is 0 Å². The summed E-state index contributed by atoms with van der Waals surface area (Å²) >= 11 is 0. The Morgan fingerprint density at radius 3 is 2.29 bits per heavy atom. The molecule has 21 heavy (non-hydrogen) atoms. The molecular weight excluding hydrogens is 276 g/mol. The van der Waals surface area contributed by atoms with Gasteiger partial charge in [-0.15, -0.1) is 0 Å². The van der Waals surface area contributed by atoms with Gasteiger partial charge in [0.25, 0.3) is 5.91 Å². The minimum absolute atomic E-state index is 0.301. The van der Waals surface area contributed by atoms with E-state index in [1.807, 2.05) is 0 Å². The number of aliphatic carboxylic acids is 1. The number of nitrogens with one attached hydrogen (secondary N) is 1. The summed E-state index contributed by atoms with van der Waals surface area (Å²) in [6.45, 7) is 0.960. The van der Waals surface area contributed by atoms with E-state index >= 15 is 0 Å². The van der Waals surface area contributed by atoms with Gasteiger partial charge in [-0.3, -0.25) is 9.59 Å². The van der Waals surface area contributed by atoms with Crippen LogP contribution in [0.5, 0.6) is 0 Å². The number of carbonyl (C=O) groups excluding carboxylic acids is 2. The predicted octanol–water partition coefficient (Wildman–Crippen LogP) is -0.291. The van der Waals surface area contributed by atoms with Gasteiger partial charge < -0.3 is 20.4 Å². The van der Waals surface area contributed by atoms with Gasteiger partial charge in [0.1, 0.15) is 0 Å². The zero-order valence-electron chi connectivity index (χ0n) is 11.8. The SMILES string of the molecule is C[C@@H](O)[C@H](NC(=O)CN(C)C(=O)c1ccccc1)C(=O)O. The van der Waals surface area contributed by atoms with Crippen molar-refractivity contribution in [3.63, 3.8) is 0 Å². The molecule has 0 saturated heterocycles. The highest BCUT2D eigenvalue weighted by molar-refractivity contribution is 5.96. The van der Waals surface area contributed by atoms with E-state index in [4.69, 9.17) is 5.11 Å². The Balaban J connectivity index is 2.62. The van der Waals surface area contributed by atoms with E-state index in [1.54, 1.807) is 30.3 Å². The number of carbonyl (C=O) groups is 3. The van der Waals surface area contributed by atoms with Crippen molar-refractivity contribution in [2.75, 3.05) is 13.6 Å². The second kappa shape index (κ2) is 7.39. The lowest BCUT2D eigenvalue weighted by Crippen LogP contribution is -2.50. The van der Waals surface area contributed by atoms with Crippen LogP contribution in [0.15, 0.2) is 30.3 Å². The monoisotopic (exact) mass is 294 g/mol. The fourth-order valence-electron chi connectivity index (χ4n) is 1.70. The van der Waals surface area contributed by atoms with E-state index < -0.39 is 24.0 Å². The molecule has 2 atom stereocenters. The van der Waals surface area contributed by atoms with Gasteiger partial charge in [0.2, 0.25) is 5.91 Å². The Morgan fingerprint density at radius 2 is 1.81 bits per heavy atom. The molecule has 0 heterocycles. The summed E-state index contributed by atoms with van der Waals surface area (Å²) in [7, 11) is 1.44. The number of amides is 2. The van der Waals surface area contributed by atoms with E-state index in [1.165, 1.54) is 18.9 Å². The lowest BCUT2D eigenvalue weighted by Gasteiger charge is -2.20. The first-order valence-electron chi connectivity index (χ1n) is 6.33. The van der Waals surface area contributed by atoms with Gasteiger partial charge in [0.15, 0.2) is 6.04 Å². The van der Waals surface area contributed by atoms with Crippen molar-refractivity contribution in [2.45, 2.75) is 19.1 Å². The Hall–Kier alpha value is -2.41. The van der Waals surface area contributed by atoms with Crippen LogP contribution in [-0.4, -0.2) is 58.6 Å². The lowest BCUT2D eigenvalue weighted by atomic mass is 10.2. The number of carboxylic acids is 1. The Kier molecular flexibility index (Phi) is 5.86. The van der Waals surface area contributed by atoms with Crippen LogP contribution in [-0.2, 0) is 9.59 Å². The fourth-order valence-corrected chi connectivity index (χ4v) is 1.70. The van der Waals surface area contributed by atoms with Crippen molar-refractivity contribution in [1.29, 1.82) is 0 Å². The van der Waals surface area contributed by atoms with E-state index in [0.717, 1.165) is 0 Å². The maximum atomic E-state index is 12.0. The van der Waals surface area contributed by atoms with E-state index in [-0.39, 0.29) is 12.5 Å². The predicted molar refractivity (Wildman–Crippen MR) is 74.6 cm³/mol. The number of benzene rings is 1. The highest BCUT2D eigenvalue weighted by atomic mass is 16.4. The first-order valence-corrected chi connectivity index (χ1v) is 6.33. The molecule has 1 aromatic carbocycles. The number of nitrogens with zero attached hydrogens (tertiary/aromatic N) is 1. The molecule has 0 fully saturated rings. The molecule has 0 aromatic heterocycles. The molecule has 3 N–H and O–H groups in total. The molecule has 2 amide bonds. The third-order valence-electron chi connectivity index (χ3n) is 2.81. The summed E-state index contributed by atoms with van der Waals surface area (Å²) in [5.74, 6) is -2.35. The second-order valence-corrected chi connectivity index (χ2v) is 4.65. The van der Waals surface area contributed by atoms with Crippen molar-refractivity contribution in [3.8, 4) is 0 Å². The second-order valence-electron chi connectivity index (χ2n) is 4.65. The van der Waals surface area contributed by atoms with Gasteiger partial charge in [-0.2, -0.15) is 0 Å². The smallest absolute Gasteiger partial charge is 0.328 e. The summed E-state index contributed by atoms with van der Waals surface area (Å²) in [6.07, 6.45) is -1.23. The average molecular weight is 294 g/mol. The molecule has 0 aliphatic carbocycles. The quantitative estimate of drug-likeness (QED) is 0.668. The average Bonchev–Trinajstić information content (AvgIpc) is 2.44. The van der Waals surface area contributed by atoms with Crippen LogP contribution in [0.25, 0.3) is 0 Å². The Bertz CT molecular complexity index is 515. The van der Waals surface area contributed by atoms with Crippen molar-refractivity contribution >= 4 is 17.8 Å². The maximum absolute atomic E-state index is 12.0. The van der Waals surface area contributed by atoms with Crippen molar-refractivity contribution in [3.05, 3.63) is 35.9 Å². The standard InChI is InChI=1S/C14H18N2O5/c1-9(17)12(14(20)21)15-11(18)8-16(2)13(19)10-6-4-3-5-7-10/h3-7,9,12,17H,8H2,1-2H3,(H,15,18)(H,20,21)/t9-,12+/m1/s1. The van der Waals surface area contributed by atoms with Crippen LogP contribution >= 0.6 is 0 Å². The number of hydrogen-bond acceptors (Lipinski definition) is 4. The van der Waals surface area contributed by atoms with Crippen molar-refractivity contribution in [2.24, 2.45) is 0 Å². The molecule has 7 heteroatoms. The molecule has 0 saturated carbocycles. The number of aliphatic hydroxyl groups excluding tert-OH is 1. The molecule has 114 valence electrons. The zero-order valence-corrected chi connectivity index (χ0v) is 11.8. The Labute approximate surface area is 122 Å². The van der Waals surface area contributed by atoms with Gasteiger partial charge in [-0.05, 0) is 19.1 Å². The molecule has 0 bridgehead atoms. The molecule has 0 aliphatic rings. The molecule has 0 aliphatic heterocycles. The number of rotatable bonds is 6. The summed E-state index contributed by atoms with van der Waals surface area (Å²) in [4.78, 5) is 35.8. The number of aliphatic hydroxyl groups is 1. The summed E-state index contributed by atoms with van der Waals surface area (Å²) in [5, 5.41) is 20.3. The zero-order chi connectivity index (χ0) is 16.0. The topological polar surface area (TPSA) is 107 Å². The highest BCUT2D eigenvalue weighted by Crippen LogP contribution is 2.03. The largest absolute Gasteiger partial charge is 0.480 e. The normalized spacial score (nSPS) is 13.1. The van der Waals surface area contributed by atoms with Crippen molar-refractivity contribution < 1.29 is 24.6 Å². The third kappa shape index (κ3) is 4.88. The third-order valence-corrected chi connectivity index (χ3v) is 2.81. The van der Waals surface area contributed by atoms with Gasteiger partial charge >= 0.3 is 5.97 Å². The van der Waals surface area contributed by atoms with E-state index in [0.29, 0.717) is 5.56 Å². The minimum atomic E-state index is -1.40. The maximum Gasteiger partial charge on any atom is 0.328 e. The van der Waals surface area contributed by atoms with Gasteiger partial charge in [0.05, 0.1) is 12.6 Å². The molecule has 1 aromatic rings. The highest BCUT2D eigenvalue weighted by Gasteiger charge is 2.25. The Morgan fingerprint density at radius 1 is 1.24 bits per heavy atom. The van der Waals surface area contributed by atoms with Gasteiger partial charge in [-0.1, -0.05) is 18.2 Å². The van der Waals surface area contributed by atoms with E-state index in [2.05, 4.69) is 5.32 Å². The molecule has 7 nitrogen and oxygen atoms in total. The number of carboxylic acid groups (broad SMARTS) is 1. The molecule has 0 unspecified atom stereocenters. The lowest BCUT2D eigenvalue weighted by molar-refractivity contribution is -0.144. The molecular formula is C14H18N2O5. The summed E-state index contributed by atoms with van der Waals surface area (Å²) in [5.41, 5.74) is 0.429. The van der Waals surface area contributed by atoms with Gasteiger partial charge in [-0.25, -0.2) is 4.79 Å². The molecule has 1 rings (SSSR count). The van der Waals surface area contributed by atoms with Crippen LogP contribution < -0.4 is 5.32 Å². The first kappa shape index (κ1) is 16.6. The number of hydrogen-bond donors (Lipinski definition) is 3. The number of likely N-dealkylation sites (N-methyl/N-ethyl adjacent to an activating group) is 1. The minimum Gasteiger partial charge on any atom is -0.480 e. The summed E-state index contributed by atoms with van der Waals surface area (Å²) < 4.78 is 0. The van der Waals surface area contributed by atoms with Gasteiger partial charge in [0, 0.05) is 12.6 Å². The van der Waals surface area contributed by atoms with E-state index in [9.17, 15) is 19.5 Å². The van der Waals surface area contributed by atoms with Crippen LogP contribution in [0.1, 0.15) is 17.3 Å². The summed E-state index contributed by atoms with van der Waals surface area (Å²) in [6, 6.07) is 7.00. The van der Waals surface area contributed by atoms with Crippen LogP contribution in [0.4, 0.5) is 0 Å².